The summed E-state index contributed by atoms with van der Waals surface area (Å²) in [5, 5.41) is 3.58. The second-order valence-electron chi connectivity index (χ2n) is 5.07. The Kier molecular flexibility index (Phi) is 2.99. The zero-order valence-corrected chi connectivity index (χ0v) is 13.9. The van der Waals surface area contributed by atoms with Crippen molar-refractivity contribution in [3.8, 4) is 10.7 Å². The van der Waals surface area contributed by atoms with Gasteiger partial charge in [0.05, 0.1) is 10.4 Å². The van der Waals surface area contributed by atoms with E-state index < -0.39 is 0 Å². The molecule has 0 aliphatic carbocycles. The predicted molar refractivity (Wildman–Crippen MR) is 92.7 cm³/mol. The Morgan fingerprint density at radius 3 is 2.71 bits per heavy atom. The van der Waals surface area contributed by atoms with Gasteiger partial charge in [-0.2, -0.15) is 0 Å². The van der Waals surface area contributed by atoms with Gasteiger partial charge in [0, 0.05) is 14.8 Å². The standard InChI is InChI=1S/C16H11ClN2S2/c1-8-5-9(2)14-10(6-8)18-16(19-15(14)17)13-7-12-11(21-13)3-4-20-12/h3-7H,1-2H3. The SMILES string of the molecule is Cc1cc(C)c2c(Cl)nc(-c3cc4sccc4s3)nc2c1. The van der Waals surface area contributed by atoms with Crippen molar-refractivity contribution in [1.82, 2.24) is 9.97 Å². The van der Waals surface area contributed by atoms with E-state index in [-0.39, 0.29) is 0 Å². The summed E-state index contributed by atoms with van der Waals surface area (Å²) >= 11 is 9.85. The van der Waals surface area contributed by atoms with Crippen LogP contribution in [0.3, 0.4) is 0 Å². The van der Waals surface area contributed by atoms with Crippen LogP contribution in [0.15, 0.2) is 29.6 Å². The van der Waals surface area contributed by atoms with Gasteiger partial charge in [0.2, 0.25) is 0 Å². The number of nitrogens with zero attached hydrogens (tertiary/aromatic N) is 2. The van der Waals surface area contributed by atoms with E-state index in [1.54, 1.807) is 22.7 Å². The largest absolute Gasteiger partial charge is 0.227 e. The Hall–Kier alpha value is -1.49. The first kappa shape index (κ1) is 13.2. The maximum atomic E-state index is 6.40. The monoisotopic (exact) mass is 330 g/mol. The van der Waals surface area contributed by atoms with Crippen molar-refractivity contribution < 1.29 is 0 Å². The van der Waals surface area contributed by atoms with E-state index in [0.717, 1.165) is 21.3 Å². The van der Waals surface area contributed by atoms with Gasteiger partial charge in [-0.1, -0.05) is 17.7 Å². The average molecular weight is 331 g/mol. The molecule has 1 aromatic carbocycles. The third-order valence-corrected chi connectivity index (χ3v) is 5.82. The van der Waals surface area contributed by atoms with Gasteiger partial charge >= 0.3 is 0 Å². The van der Waals surface area contributed by atoms with E-state index in [1.165, 1.54) is 15.0 Å². The van der Waals surface area contributed by atoms with Gasteiger partial charge in [0.15, 0.2) is 5.82 Å². The van der Waals surface area contributed by atoms with E-state index in [9.17, 15) is 0 Å². The lowest BCUT2D eigenvalue weighted by atomic mass is 10.1. The molecule has 0 aliphatic heterocycles. The second kappa shape index (κ2) is 4.77. The lowest BCUT2D eigenvalue weighted by Gasteiger charge is -2.07. The molecule has 0 unspecified atom stereocenters. The van der Waals surface area contributed by atoms with Crippen LogP contribution in [-0.4, -0.2) is 9.97 Å². The van der Waals surface area contributed by atoms with Crippen molar-refractivity contribution in [3.05, 3.63) is 45.9 Å². The molecule has 0 saturated heterocycles. The fourth-order valence-electron chi connectivity index (χ4n) is 2.58. The lowest BCUT2D eigenvalue weighted by Crippen LogP contribution is -1.93. The highest BCUT2D eigenvalue weighted by Gasteiger charge is 2.13. The molecule has 2 nitrogen and oxygen atoms in total. The minimum absolute atomic E-state index is 0.532. The topological polar surface area (TPSA) is 25.8 Å². The van der Waals surface area contributed by atoms with Gasteiger partial charge in [0.25, 0.3) is 0 Å². The van der Waals surface area contributed by atoms with E-state index in [4.69, 9.17) is 16.6 Å². The molecule has 0 fully saturated rings. The van der Waals surface area contributed by atoms with Gasteiger partial charge in [0.1, 0.15) is 5.15 Å². The van der Waals surface area contributed by atoms with Crippen LogP contribution >= 0.6 is 34.3 Å². The minimum Gasteiger partial charge on any atom is -0.227 e. The van der Waals surface area contributed by atoms with E-state index in [2.05, 4.69) is 41.6 Å². The van der Waals surface area contributed by atoms with Crippen LogP contribution in [0.4, 0.5) is 0 Å². The number of aryl methyl sites for hydroxylation is 2. The van der Waals surface area contributed by atoms with Gasteiger partial charge in [-0.25, -0.2) is 9.97 Å². The average Bonchev–Trinajstić information content (AvgIpc) is 2.97. The molecular weight excluding hydrogens is 320 g/mol. The maximum absolute atomic E-state index is 6.40. The van der Waals surface area contributed by atoms with Crippen molar-refractivity contribution in [2.45, 2.75) is 13.8 Å². The summed E-state index contributed by atoms with van der Waals surface area (Å²) in [4.78, 5) is 10.3. The van der Waals surface area contributed by atoms with Gasteiger partial charge in [-0.05, 0) is 48.6 Å². The first-order chi connectivity index (χ1) is 10.1. The zero-order valence-electron chi connectivity index (χ0n) is 11.5. The summed E-state index contributed by atoms with van der Waals surface area (Å²) in [6.07, 6.45) is 0. The van der Waals surface area contributed by atoms with Crippen LogP contribution in [0.25, 0.3) is 31.0 Å². The molecule has 104 valence electrons. The highest BCUT2D eigenvalue weighted by atomic mass is 35.5. The summed E-state index contributed by atoms with van der Waals surface area (Å²) in [5.74, 6) is 0.714. The molecule has 21 heavy (non-hydrogen) atoms. The Balaban J connectivity index is 1.99. The number of aromatic nitrogens is 2. The van der Waals surface area contributed by atoms with Gasteiger partial charge in [-0.3, -0.25) is 0 Å². The Morgan fingerprint density at radius 2 is 1.90 bits per heavy atom. The van der Waals surface area contributed by atoms with Gasteiger partial charge < -0.3 is 0 Å². The molecule has 0 radical (unpaired) electrons. The fourth-order valence-corrected chi connectivity index (χ4v) is 4.94. The number of hydrogen-bond acceptors (Lipinski definition) is 4. The molecule has 4 aromatic rings. The van der Waals surface area contributed by atoms with Crippen LogP contribution in [0.1, 0.15) is 11.1 Å². The normalized spacial score (nSPS) is 11.6. The quantitative estimate of drug-likeness (QED) is 0.409. The third kappa shape index (κ3) is 2.14. The first-order valence-corrected chi connectivity index (χ1v) is 8.61. The van der Waals surface area contributed by atoms with E-state index in [0.29, 0.717) is 11.0 Å². The second-order valence-corrected chi connectivity index (χ2v) is 7.46. The third-order valence-electron chi connectivity index (χ3n) is 3.46. The number of hydrogen-bond donors (Lipinski definition) is 0. The fraction of sp³-hybridized carbons (Fsp3) is 0.125. The number of halogens is 1. The Morgan fingerprint density at radius 1 is 1.05 bits per heavy atom. The van der Waals surface area contributed by atoms with Crippen LogP contribution in [0.5, 0.6) is 0 Å². The lowest BCUT2D eigenvalue weighted by molar-refractivity contribution is 1.23. The molecular formula is C16H11ClN2S2. The Bertz CT molecular complexity index is 956. The first-order valence-electron chi connectivity index (χ1n) is 6.54. The molecule has 0 spiro atoms. The number of benzene rings is 1. The van der Waals surface area contributed by atoms with Crippen LogP contribution in [-0.2, 0) is 0 Å². The van der Waals surface area contributed by atoms with Gasteiger partial charge in [-0.15, -0.1) is 22.7 Å². The predicted octanol–water partition coefficient (Wildman–Crippen LogP) is 5.84. The van der Waals surface area contributed by atoms with Crippen LogP contribution < -0.4 is 0 Å². The molecule has 3 aromatic heterocycles. The van der Waals surface area contributed by atoms with E-state index in [1.807, 2.05) is 6.92 Å². The van der Waals surface area contributed by atoms with Crippen molar-refractivity contribution in [3.63, 3.8) is 0 Å². The molecule has 0 amide bonds. The summed E-state index contributed by atoms with van der Waals surface area (Å²) in [6.45, 7) is 4.12. The van der Waals surface area contributed by atoms with Crippen LogP contribution in [0.2, 0.25) is 5.15 Å². The van der Waals surface area contributed by atoms with Crippen molar-refractivity contribution >= 4 is 54.6 Å². The summed E-state index contributed by atoms with van der Waals surface area (Å²) < 4.78 is 2.55. The highest BCUT2D eigenvalue weighted by Crippen LogP contribution is 2.36. The van der Waals surface area contributed by atoms with Crippen molar-refractivity contribution in [1.29, 1.82) is 0 Å². The molecule has 3 heterocycles. The molecule has 0 bridgehead atoms. The number of rotatable bonds is 1. The van der Waals surface area contributed by atoms with E-state index >= 15 is 0 Å². The zero-order chi connectivity index (χ0) is 14.6. The summed E-state index contributed by atoms with van der Waals surface area (Å²) in [6, 6.07) is 8.45. The highest BCUT2D eigenvalue weighted by molar-refractivity contribution is 7.28. The summed E-state index contributed by atoms with van der Waals surface area (Å²) in [7, 11) is 0. The molecule has 0 atom stereocenters. The molecule has 0 N–H and O–H groups in total. The van der Waals surface area contributed by atoms with Crippen LogP contribution in [0, 0.1) is 13.8 Å². The maximum Gasteiger partial charge on any atom is 0.171 e. The Labute approximate surface area is 135 Å². The minimum atomic E-state index is 0.532. The van der Waals surface area contributed by atoms with Crippen molar-refractivity contribution in [2.24, 2.45) is 0 Å². The molecule has 0 aliphatic rings. The molecule has 0 saturated carbocycles. The smallest absolute Gasteiger partial charge is 0.171 e. The summed E-state index contributed by atoms with van der Waals surface area (Å²) in [5.41, 5.74) is 3.22. The molecule has 4 rings (SSSR count). The number of thiophene rings is 2. The van der Waals surface area contributed by atoms with Crippen molar-refractivity contribution in [2.75, 3.05) is 0 Å². The molecule has 5 heteroatoms. The number of fused-ring (bicyclic) bond motifs is 2.